The third-order valence-electron chi connectivity index (χ3n) is 3.85. The van der Waals surface area contributed by atoms with Gasteiger partial charge in [-0.05, 0) is 48.9 Å². The minimum absolute atomic E-state index is 0.0662. The summed E-state index contributed by atoms with van der Waals surface area (Å²) in [5.41, 5.74) is 3.08. The van der Waals surface area contributed by atoms with Crippen molar-refractivity contribution in [2.75, 3.05) is 14.1 Å². The molecule has 0 spiro atoms. The maximum Gasteiger partial charge on any atom is 0.253 e. The maximum atomic E-state index is 12.1. The van der Waals surface area contributed by atoms with Crippen LogP contribution in [0, 0.1) is 6.92 Å². The standard InChI is InChI=1S/C19H19ClN4O2/c1-13-4-5-14(19(25)23(2)3)10-18(13)26-12-16-11-24(22-21-16)17-8-6-15(20)7-9-17/h4-11H,12H2,1-3H3. The molecule has 0 atom stereocenters. The average Bonchev–Trinajstić information content (AvgIpc) is 3.10. The topological polar surface area (TPSA) is 60.2 Å². The second kappa shape index (κ2) is 7.58. The first kappa shape index (κ1) is 17.9. The Bertz CT molecular complexity index is 920. The van der Waals surface area contributed by atoms with Crippen molar-refractivity contribution in [3.05, 3.63) is 70.5 Å². The number of halogens is 1. The molecule has 7 heteroatoms. The van der Waals surface area contributed by atoms with E-state index in [0.717, 1.165) is 11.3 Å². The highest BCUT2D eigenvalue weighted by atomic mass is 35.5. The normalized spacial score (nSPS) is 10.6. The Labute approximate surface area is 157 Å². The third kappa shape index (κ3) is 4.03. The monoisotopic (exact) mass is 370 g/mol. The van der Waals surface area contributed by atoms with Gasteiger partial charge in [-0.25, -0.2) is 4.68 Å². The van der Waals surface area contributed by atoms with Gasteiger partial charge in [-0.15, -0.1) is 5.10 Å². The summed E-state index contributed by atoms with van der Waals surface area (Å²) in [4.78, 5) is 13.6. The number of carbonyl (C=O) groups is 1. The molecule has 2 aromatic carbocycles. The predicted octanol–water partition coefficient (Wildman–Crippen LogP) is 3.51. The molecule has 3 aromatic rings. The molecule has 134 valence electrons. The van der Waals surface area contributed by atoms with Crippen molar-refractivity contribution in [1.29, 1.82) is 0 Å². The van der Waals surface area contributed by atoms with Gasteiger partial charge in [-0.1, -0.05) is 22.9 Å². The lowest BCUT2D eigenvalue weighted by molar-refractivity contribution is 0.0827. The van der Waals surface area contributed by atoms with E-state index in [0.29, 0.717) is 22.0 Å². The second-order valence-electron chi connectivity index (χ2n) is 6.10. The van der Waals surface area contributed by atoms with Gasteiger partial charge >= 0.3 is 0 Å². The summed E-state index contributed by atoms with van der Waals surface area (Å²) in [6, 6.07) is 12.7. The van der Waals surface area contributed by atoms with Gasteiger partial charge in [0, 0.05) is 24.7 Å². The summed E-state index contributed by atoms with van der Waals surface area (Å²) < 4.78 is 7.51. The van der Waals surface area contributed by atoms with Crippen LogP contribution >= 0.6 is 11.6 Å². The Morgan fingerprint density at radius 1 is 1.19 bits per heavy atom. The maximum absolute atomic E-state index is 12.1. The molecule has 1 heterocycles. The van der Waals surface area contributed by atoms with Crippen LogP contribution in [0.2, 0.25) is 5.02 Å². The zero-order chi connectivity index (χ0) is 18.7. The van der Waals surface area contributed by atoms with Crippen molar-refractivity contribution in [3.8, 4) is 11.4 Å². The minimum atomic E-state index is -0.0662. The van der Waals surface area contributed by atoms with Gasteiger partial charge in [0.15, 0.2) is 0 Å². The molecule has 0 fully saturated rings. The molecular weight excluding hydrogens is 352 g/mol. The fourth-order valence-corrected chi connectivity index (χ4v) is 2.51. The minimum Gasteiger partial charge on any atom is -0.487 e. The molecule has 0 saturated carbocycles. The number of aromatic nitrogens is 3. The number of nitrogens with zero attached hydrogens (tertiary/aromatic N) is 4. The van der Waals surface area contributed by atoms with Crippen molar-refractivity contribution in [2.45, 2.75) is 13.5 Å². The van der Waals surface area contributed by atoms with Gasteiger partial charge < -0.3 is 9.64 Å². The zero-order valence-electron chi connectivity index (χ0n) is 14.8. The number of ether oxygens (including phenoxy) is 1. The van der Waals surface area contributed by atoms with Crippen LogP contribution in [0.1, 0.15) is 21.6 Å². The number of hydrogen-bond donors (Lipinski definition) is 0. The molecule has 0 aliphatic heterocycles. The lowest BCUT2D eigenvalue weighted by atomic mass is 10.1. The molecule has 0 radical (unpaired) electrons. The molecular formula is C19H19ClN4O2. The van der Waals surface area contributed by atoms with Crippen LogP contribution in [0.5, 0.6) is 5.75 Å². The van der Waals surface area contributed by atoms with Gasteiger partial charge in [-0.3, -0.25) is 4.79 Å². The Morgan fingerprint density at radius 2 is 1.92 bits per heavy atom. The Morgan fingerprint density at radius 3 is 2.62 bits per heavy atom. The first-order valence-corrected chi connectivity index (χ1v) is 8.44. The quantitative estimate of drug-likeness (QED) is 0.689. The van der Waals surface area contributed by atoms with Gasteiger partial charge in [0.1, 0.15) is 18.1 Å². The third-order valence-corrected chi connectivity index (χ3v) is 4.10. The van der Waals surface area contributed by atoms with Gasteiger partial charge in [0.05, 0.1) is 11.9 Å². The molecule has 3 rings (SSSR count). The van der Waals surface area contributed by atoms with E-state index in [2.05, 4.69) is 10.3 Å². The molecule has 1 amide bonds. The molecule has 0 aliphatic rings. The first-order valence-electron chi connectivity index (χ1n) is 8.06. The number of aryl methyl sites for hydroxylation is 1. The highest BCUT2D eigenvalue weighted by Crippen LogP contribution is 2.21. The van der Waals surface area contributed by atoms with E-state index >= 15 is 0 Å². The average molecular weight is 371 g/mol. The number of carbonyl (C=O) groups excluding carboxylic acids is 1. The van der Waals surface area contributed by atoms with Crippen molar-refractivity contribution >= 4 is 17.5 Å². The van der Waals surface area contributed by atoms with E-state index in [9.17, 15) is 4.79 Å². The van der Waals surface area contributed by atoms with Crippen LogP contribution in [0.15, 0.2) is 48.7 Å². The second-order valence-corrected chi connectivity index (χ2v) is 6.54. The summed E-state index contributed by atoms with van der Waals surface area (Å²) >= 11 is 5.90. The van der Waals surface area contributed by atoms with Gasteiger partial charge in [0.2, 0.25) is 0 Å². The Hall–Kier alpha value is -2.86. The predicted molar refractivity (Wildman–Crippen MR) is 99.9 cm³/mol. The van der Waals surface area contributed by atoms with Crippen LogP contribution in [0.4, 0.5) is 0 Å². The zero-order valence-corrected chi connectivity index (χ0v) is 15.6. The van der Waals surface area contributed by atoms with Crippen LogP contribution in [0.3, 0.4) is 0 Å². The van der Waals surface area contributed by atoms with Gasteiger partial charge in [-0.2, -0.15) is 0 Å². The summed E-state index contributed by atoms with van der Waals surface area (Å²) in [7, 11) is 3.44. The van der Waals surface area contributed by atoms with E-state index in [1.54, 1.807) is 49.2 Å². The summed E-state index contributed by atoms with van der Waals surface area (Å²) in [6.07, 6.45) is 1.80. The first-order chi connectivity index (χ1) is 12.4. The smallest absolute Gasteiger partial charge is 0.253 e. The lowest BCUT2D eigenvalue weighted by Gasteiger charge is -2.13. The summed E-state index contributed by atoms with van der Waals surface area (Å²) in [6.45, 7) is 2.19. The molecule has 26 heavy (non-hydrogen) atoms. The van der Waals surface area contributed by atoms with E-state index in [-0.39, 0.29) is 12.5 Å². The van der Waals surface area contributed by atoms with Gasteiger partial charge in [0.25, 0.3) is 5.91 Å². The van der Waals surface area contributed by atoms with Crippen LogP contribution in [0.25, 0.3) is 5.69 Å². The molecule has 0 aliphatic carbocycles. The van der Waals surface area contributed by atoms with Crippen molar-refractivity contribution < 1.29 is 9.53 Å². The van der Waals surface area contributed by atoms with E-state index in [4.69, 9.17) is 16.3 Å². The Balaban J connectivity index is 1.72. The SMILES string of the molecule is Cc1ccc(C(=O)N(C)C)cc1OCc1cn(-c2ccc(Cl)cc2)nn1. The molecule has 0 N–H and O–H groups in total. The highest BCUT2D eigenvalue weighted by Gasteiger charge is 2.11. The fourth-order valence-electron chi connectivity index (χ4n) is 2.38. The lowest BCUT2D eigenvalue weighted by Crippen LogP contribution is -2.21. The number of hydrogen-bond acceptors (Lipinski definition) is 4. The van der Waals surface area contributed by atoms with Crippen molar-refractivity contribution in [3.63, 3.8) is 0 Å². The van der Waals surface area contributed by atoms with Crippen molar-refractivity contribution in [2.24, 2.45) is 0 Å². The van der Waals surface area contributed by atoms with E-state index < -0.39 is 0 Å². The summed E-state index contributed by atoms with van der Waals surface area (Å²) in [5, 5.41) is 8.89. The van der Waals surface area contributed by atoms with Crippen LogP contribution in [-0.4, -0.2) is 39.9 Å². The molecule has 0 bridgehead atoms. The Kier molecular flexibility index (Phi) is 5.23. The largest absolute Gasteiger partial charge is 0.487 e. The molecule has 0 saturated heterocycles. The van der Waals surface area contributed by atoms with E-state index in [1.165, 1.54) is 4.90 Å². The molecule has 0 unspecified atom stereocenters. The van der Waals surface area contributed by atoms with Crippen LogP contribution in [-0.2, 0) is 6.61 Å². The highest BCUT2D eigenvalue weighted by molar-refractivity contribution is 6.30. The van der Waals surface area contributed by atoms with Crippen LogP contribution < -0.4 is 4.74 Å². The van der Waals surface area contributed by atoms with Crippen molar-refractivity contribution in [1.82, 2.24) is 19.9 Å². The number of rotatable bonds is 5. The molecule has 1 aromatic heterocycles. The number of amides is 1. The fraction of sp³-hybridized carbons (Fsp3) is 0.211. The summed E-state index contributed by atoms with van der Waals surface area (Å²) in [5.74, 6) is 0.585. The van der Waals surface area contributed by atoms with E-state index in [1.807, 2.05) is 25.1 Å². The molecule has 6 nitrogen and oxygen atoms in total. The number of benzene rings is 2.